The van der Waals surface area contributed by atoms with Crippen molar-refractivity contribution in [2.75, 3.05) is 0 Å². The molecule has 0 amide bonds. The molecule has 0 fully saturated rings. The number of hydrogen-bond acceptors (Lipinski definition) is 1. The Bertz CT molecular complexity index is 781. The Kier molecular flexibility index (Phi) is 3.63. The summed E-state index contributed by atoms with van der Waals surface area (Å²) in [6.07, 6.45) is 0. The van der Waals surface area contributed by atoms with Crippen LogP contribution in [-0.2, 0) is 0 Å². The van der Waals surface area contributed by atoms with Crippen molar-refractivity contribution in [3.63, 3.8) is 0 Å². The molecule has 0 atom stereocenters. The predicted molar refractivity (Wildman–Crippen MR) is 81.4 cm³/mol. The van der Waals surface area contributed by atoms with Gasteiger partial charge in [0.15, 0.2) is 0 Å². The van der Waals surface area contributed by atoms with Crippen LogP contribution in [0.3, 0.4) is 0 Å². The zero-order valence-corrected chi connectivity index (χ0v) is 12.1. The first-order valence-corrected chi connectivity index (χ1v) is 7.22. The molecule has 0 radical (unpaired) electrons. The molecule has 0 spiro atoms. The molecule has 0 bridgehead atoms. The van der Waals surface area contributed by atoms with Crippen LogP contribution in [0.25, 0.3) is 22.2 Å². The summed E-state index contributed by atoms with van der Waals surface area (Å²) in [5.41, 5.74) is -2.66. The highest BCUT2D eigenvalue weighted by Gasteiger charge is 2.32. The van der Waals surface area contributed by atoms with Crippen LogP contribution in [0.5, 0.6) is 0 Å². The van der Waals surface area contributed by atoms with Crippen LogP contribution >= 0.6 is 23.5 Å². The highest BCUT2D eigenvalue weighted by molar-refractivity contribution is 7.98. The molecule has 0 aliphatic heterocycles. The van der Waals surface area contributed by atoms with E-state index >= 15 is 0 Å². The number of benzene rings is 2. The average molecular weight is 328 g/mol. The summed E-state index contributed by atoms with van der Waals surface area (Å²) in [5.74, 6) is 0. The fourth-order valence-electron chi connectivity index (χ4n) is 2.17. The molecule has 1 heterocycles. The first-order chi connectivity index (χ1) is 9.94. The van der Waals surface area contributed by atoms with E-state index in [-0.39, 0.29) is 11.9 Å². The lowest BCUT2D eigenvalue weighted by Crippen LogP contribution is -2.05. The molecule has 3 aromatic rings. The lowest BCUT2D eigenvalue weighted by Gasteiger charge is -2.11. The third-order valence-electron chi connectivity index (χ3n) is 2.98. The van der Waals surface area contributed by atoms with Crippen LogP contribution in [-0.4, -0.2) is 9.48 Å². The number of halogens is 4. The zero-order valence-electron chi connectivity index (χ0n) is 10.6. The van der Waals surface area contributed by atoms with E-state index in [1.165, 1.54) is 3.97 Å². The maximum Gasteiger partial charge on any atom is 0.462 e. The fraction of sp³-hybridized carbons (Fsp3) is 0.0667. The van der Waals surface area contributed by atoms with Gasteiger partial charge in [-0.05, 0) is 29.8 Å². The summed E-state index contributed by atoms with van der Waals surface area (Å²) in [7, 11) is 0. The molecule has 0 saturated heterocycles. The van der Waals surface area contributed by atoms with Crippen molar-refractivity contribution in [2.45, 2.75) is 5.51 Å². The Balaban J connectivity index is 2.25. The minimum absolute atomic E-state index is 0.162. The SMILES string of the molecule is FC(F)(F)Sn1c(-c2ccccc2)cc2cc(Cl)ccc21. The number of hydrogen-bond donors (Lipinski definition) is 0. The number of aromatic nitrogens is 1. The highest BCUT2D eigenvalue weighted by Crippen LogP contribution is 2.40. The molecule has 0 unspecified atom stereocenters. The third kappa shape index (κ3) is 3.04. The second-order valence-corrected chi connectivity index (χ2v) is 5.88. The van der Waals surface area contributed by atoms with Crippen LogP contribution < -0.4 is 0 Å². The summed E-state index contributed by atoms with van der Waals surface area (Å²) >= 11 is 5.76. The second-order valence-electron chi connectivity index (χ2n) is 4.43. The van der Waals surface area contributed by atoms with Gasteiger partial charge in [0.25, 0.3) is 0 Å². The van der Waals surface area contributed by atoms with Crippen LogP contribution in [0.2, 0.25) is 5.02 Å². The number of fused-ring (bicyclic) bond motifs is 1. The van der Waals surface area contributed by atoms with Crippen molar-refractivity contribution in [1.82, 2.24) is 3.97 Å². The maximum absolute atomic E-state index is 12.8. The van der Waals surface area contributed by atoms with Gasteiger partial charge >= 0.3 is 5.51 Å². The van der Waals surface area contributed by atoms with Gasteiger partial charge in [-0.25, -0.2) is 0 Å². The minimum atomic E-state index is -4.37. The van der Waals surface area contributed by atoms with Crippen molar-refractivity contribution >= 4 is 34.5 Å². The van der Waals surface area contributed by atoms with Crippen molar-refractivity contribution in [3.05, 3.63) is 59.6 Å². The predicted octanol–water partition coefficient (Wildman–Crippen LogP) is 5.98. The van der Waals surface area contributed by atoms with Crippen LogP contribution in [0, 0.1) is 0 Å². The monoisotopic (exact) mass is 327 g/mol. The quantitative estimate of drug-likeness (QED) is 0.560. The van der Waals surface area contributed by atoms with Gasteiger partial charge in [0.05, 0.1) is 23.2 Å². The molecule has 0 saturated carbocycles. The topological polar surface area (TPSA) is 4.93 Å². The Morgan fingerprint density at radius 2 is 1.67 bits per heavy atom. The Morgan fingerprint density at radius 1 is 0.952 bits per heavy atom. The van der Waals surface area contributed by atoms with Crippen LogP contribution in [0.15, 0.2) is 54.6 Å². The molecule has 3 rings (SSSR count). The van der Waals surface area contributed by atoms with Gasteiger partial charge in [-0.1, -0.05) is 41.9 Å². The van der Waals surface area contributed by atoms with Gasteiger partial charge in [-0.2, -0.15) is 13.2 Å². The first kappa shape index (κ1) is 14.4. The molecule has 21 heavy (non-hydrogen) atoms. The average Bonchev–Trinajstić information content (AvgIpc) is 2.76. The summed E-state index contributed by atoms with van der Waals surface area (Å²) in [6.45, 7) is 0. The molecule has 0 N–H and O–H groups in total. The molecule has 2 aromatic carbocycles. The van der Waals surface area contributed by atoms with Gasteiger partial charge < -0.3 is 0 Å². The Hall–Kier alpha value is -1.59. The Morgan fingerprint density at radius 3 is 2.33 bits per heavy atom. The standard InChI is InChI=1S/C15H9ClF3NS/c16-12-6-7-13-11(8-12)9-14(10-4-2-1-3-5-10)20(13)21-15(17,18)19/h1-9H. The van der Waals surface area contributed by atoms with Crippen molar-refractivity contribution in [1.29, 1.82) is 0 Å². The van der Waals surface area contributed by atoms with Gasteiger partial charge in [-0.15, -0.1) is 0 Å². The van der Waals surface area contributed by atoms with Gasteiger partial charge in [0.1, 0.15) is 0 Å². The minimum Gasteiger partial charge on any atom is -0.276 e. The maximum atomic E-state index is 12.8. The first-order valence-electron chi connectivity index (χ1n) is 6.07. The van der Waals surface area contributed by atoms with Gasteiger partial charge in [-0.3, -0.25) is 3.97 Å². The summed E-state index contributed by atoms with van der Waals surface area (Å²) in [4.78, 5) is 0. The van der Waals surface area contributed by atoms with Crippen molar-refractivity contribution in [3.8, 4) is 11.3 Å². The molecule has 6 heteroatoms. The van der Waals surface area contributed by atoms with Crippen molar-refractivity contribution in [2.24, 2.45) is 0 Å². The largest absolute Gasteiger partial charge is 0.462 e. The number of rotatable bonds is 2. The van der Waals surface area contributed by atoms with Gasteiger partial charge in [0, 0.05) is 10.4 Å². The van der Waals surface area contributed by atoms with E-state index in [1.807, 2.05) is 6.07 Å². The molecular formula is C15H9ClF3NS. The van der Waals surface area contributed by atoms with E-state index in [2.05, 4.69) is 0 Å². The Labute approximate surface area is 128 Å². The molecule has 1 nitrogen and oxygen atoms in total. The molecular weight excluding hydrogens is 319 g/mol. The van der Waals surface area contributed by atoms with E-state index in [4.69, 9.17) is 11.6 Å². The van der Waals surface area contributed by atoms with Crippen molar-refractivity contribution < 1.29 is 13.2 Å². The van der Waals surface area contributed by atoms with Gasteiger partial charge in [0.2, 0.25) is 0 Å². The normalized spacial score (nSPS) is 12.0. The molecule has 108 valence electrons. The molecule has 0 aliphatic rings. The second kappa shape index (κ2) is 5.31. The van der Waals surface area contributed by atoms with E-state index in [0.29, 0.717) is 21.6 Å². The van der Waals surface area contributed by atoms with Crippen LogP contribution in [0.1, 0.15) is 0 Å². The zero-order chi connectivity index (χ0) is 15.0. The van der Waals surface area contributed by atoms with E-state index in [0.717, 1.165) is 5.56 Å². The summed E-state index contributed by atoms with van der Waals surface area (Å²) in [6, 6.07) is 15.5. The highest BCUT2D eigenvalue weighted by atomic mass is 35.5. The van der Waals surface area contributed by atoms with E-state index in [1.54, 1.807) is 48.5 Å². The smallest absolute Gasteiger partial charge is 0.276 e. The molecule has 1 aromatic heterocycles. The fourth-order valence-corrected chi connectivity index (χ4v) is 3.08. The molecule has 0 aliphatic carbocycles. The third-order valence-corrected chi connectivity index (χ3v) is 4.00. The number of alkyl halides is 3. The lowest BCUT2D eigenvalue weighted by molar-refractivity contribution is -0.0333. The van der Waals surface area contributed by atoms with E-state index in [9.17, 15) is 13.2 Å². The summed E-state index contributed by atoms with van der Waals surface area (Å²) in [5, 5.41) is 1.18. The summed E-state index contributed by atoms with van der Waals surface area (Å²) < 4.78 is 39.7. The number of nitrogens with zero attached hydrogens (tertiary/aromatic N) is 1. The lowest BCUT2D eigenvalue weighted by atomic mass is 10.1. The van der Waals surface area contributed by atoms with Crippen LogP contribution in [0.4, 0.5) is 13.2 Å². The van der Waals surface area contributed by atoms with E-state index < -0.39 is 5.51 Å².